The monoisotopic (exact) mass is 323 g/mol. The van der Waals surface area contributed by atoms with Gasteiger partial charge in [-0.1, -0.05) is 5.16 Å². The maximum Gasteiger partial charge on any atom is 0.292 e. The standard InChI is InChI=1S/C16H25N3O4/c1-21-9-5-13-4-2-3-6-19(13)16(20)14-12-15(17-23-14)18-7-10-22-11-8-18/h12-13H,2-11H2,1H3. The molecule has 1 aromatic heterocycles. The van der Waals surface area contributed by atoms with Gasteiger partial charge in [-0.15, -0.1) is 0 Å². The van der Waals surface area contributed by atoms with Gasteiger partial charge in [0.05, 0.1) is 13.2 Å². The smallest absolute Gasteiger partial charge is 0.292 e. The fraction of sp³-hybridized carbons (Fsp3) is 0.750. The predicted octanol–water partition coefficient (Wildman–Crippen LogP) is 1.54. The van der Waals surface area contributed by atoms with Crippen molar-refractivity contribution in [1.29, 1.82) is 0 Å². The highest BCUT2D eigenvalue weighted by Crippen LogP contribution is 2.24. The number of amides is 1. The Morgan fingerprint density at radius 1 is 1.35 bits per heavy atom. The minimum Gasteiger partial charge on any atom is -0.385 e. The number of carbonyl (C=O) groups excluding carboxylic acids is 1. The predicted molar refractivity (Wildman–Crippen MR) is 84.7 cm³/mol. The van der Waals surface area contributed by atoms with Crippen molar-refractivity contribution >= 4 is 11.7 Å². The summed E-state index contributed by atoms with van der Waals surface area (Å²) in [6.45, 7) is 4.37. The Balaban J connectivity index is 1.67. The molecule has 1 aromatic rings. The number of morpholine rings is 1. The van der Waals surface area contributed by atoms with E-state index in [2.05, 4.69) is 10.1 Å². The molecule has 2 aliphatic heterocycles. The summed E-state index contributed by atoms with van der Waals surface area (Å²) in [5, 5.41) is 4.07. The minimum atomic E-state index is -0.0576. The zero-order valence-corrected chi connectivity index (χ0v) is 13.7. The highest BCUT2D eigenvalue weighted by Gasteiger charge is 2.30. The highest BCUT2D eigenvalue weighted by molar-refractivity contribution is 5.92. The van der Waals surface area contributed by atoms with Crippen LogP contribution in [-0.2, 0) is 9.47 Å². The van der Waals surface area contributed by atoms with Gasteiger partial charge >= 0.3 is 0 Å². The van der Waals surface area contributed by atoms with Gasteiger partial charge in [0, 0.05) is 45.5 Å². The molecule has 7 nitrogen and oxygen atoms in total. The van der Waals surface area contributed by atoms with Gasteiger partial charge in [-0.2, -0.15) is 0 Å². The van der Waals surface area contributed by atoms with Crippen molar-refractivity contribution in [3.05, 3.63) is 11.8 Å². The summed E-state index contributed by atoms with van der Waals surface area (Å²) in [6, 6.07) is 1.99. The quantitative estimate of drug-likeness (QED) is 0.819. The molecule has 0 aromatic carbocycles. The third-order valence-electron chi connectivity index (χ3n) is 4.59. The fourth-order valence-corrected chi connectivity index (χ4v) is 3.27. The fourth-order valence-electron chi connectivity index (χ4n) is 3.27. The summed E-state index contributed by atoms with van der Waals surface area (Å²) >= 11 is 0. The van der Waals surface area contributed by atoms with E-state index in [0.29, 0.717) is 25.6 Å². The zero-order chi connectivity index (χ0) is 16.1. The van der Waals surface area contributed by atoms with Crippen molar-refractivity contribution in [3.8, 4) is 0 Å². The van der Waals surface area contributed by atoms with Crippen LogP contribution in [0.2, 0.25) is 0 Å². The van der Waals surface area contributed by atoms with Crippen LogP contribution in [0.15, 0.2) is 10.6 Å². The van der Waals surface area contributed by atoms with Crippen molar-refractivity contribution in [1.82, 2.24) is 10.1 Å². The number of anilines is 1. The molecule has 2 fully saturated rings. The molecule has 128 valence electrons. The Kier molecular flexibility index (Phi) is 5.51. The third-order valence-corrected chi connectivity index (χ3v) is 4.59. The lowest BCUT2D eigenvalue weighted by molar-refractivity contribution is 0.0513. The molecule has 3 rings (SSSR count). The Labute approximate surface area is 136 Å². The first kappa shape index (κ1) is 16.3. The molecule has 3 heterocycles. The lowest BCUT2D eigenvalue weighted by Crippen LogP contribution is -2.44. The number of piperidine rings is 1. The third kappa shape index (κ3) is 3.84. The molecule has 0 saturated carbocycles. The SMILES string of the molecule is COCCC1CCCCN1C(=O)c1cc(N2CCOCC2)no1. The molecule has 7 heteroatoms. The molecule has 0 bridgehead atoms. The van der Waals surface area contributed by atoms with Crippen molar-refractivity contribution in [2.24, 2.45) is 0 Å². The number of hydrogen-bond acceptors (Lipinski definition) is 6. The van der Waals surface area contributed by atoms with E-state index in [-0.39, 0.29) is 11.9 Å². The van der Waals surface area contributed by atoms with E-state index in [1.54, 1.807) is 13.2 Å². The topological polar surface area (TPSA) is 68.0 Å². The molecular weight excluding hydrogens is 298 g/mol. The van der Waals surface area contributed by atoms with E-state index in [0.717, 1.165) is 51.1 Å². The van der Waals surface area contributed by atoms with Crippen molar-refractivity contribution < 1.29 is 18.8 Å². The summed E-state index contributed by atoms with van der Waals surface area (Å²) in [4.78, 5) is 16.8. The molecule has 0 spiro atoms. The number of methoxy groups -OCH3 is 1. The number of rotatable bonds is 5. The zero-order valence-electron chi connectivity index (χ0n) is 13.7. The van der Waals surface area contributed by atoms with Crippen LogP contribution in [0.3, 0.4) is 0 Å². The van der Waals surface area contributed by atoms with Gasteiger partial charge in [0.2, 0.25) is 5.76 Å². The average Bonchev–Trinajstić information content (AvgIpc) is 3.10. The Morgan fingerprint density at radius 2 is 2.17 bits per heavy atom. The van der Waals surface area contributed by atoms with E-state index in [1.807, 2.05) is 4.90 Å². The van der Waals surface area contributed by atoms with E-state index in [1.165, 1.54) is 0 Å². The summed E-state index contributed by atoms with van der Waals surface area (Å²) < 4.78 is 15.8. The Morgan fingerprint density at radius 3 is 2.96 bits per heavy atom. The Hall–Kier alpha value is -1.60. The van der Waals surface area contributed by atoms with Gasteiger partial charge in [-0.3, -0.25) is 4.79 Å². The maximum absolute atomic E-state index is 12.8. The van der Waals surface area contributed by atoms with Crippen LogP contribution in [0, 0.1) is 0 Å². The van der Waals surface area contributed by atoms with E-state index in [9.17, 15) is 4.79 Å². The number of ether oxygens (including phenoxy) is 2. The molecule has 2 aliphatic rings. The van der Waals surface area contributed by atoms with Gasteiger partial charge < -0.3 is 23.8 Å². The second-order valence-electron chi connectivity index (χ2n) is 6.08. The van der Waals surface area contributed by atoms with Crippen molar-refractivity contribution in [2.45, 2.75) is 31.7 Å². The van der Waals surface area contributed by atoms with E-state index in [4.69, 9.17) is 14.0 Å². The van der Waals surface area contributed by atoms with Crippen molar-refractivity contribution in [2.75, 3.05) is 51.5 Å². The normalized spacial score (nSPS) is 22.4. The van der Waals surface area contributed by atoms with Crippen LogP contribution in [-0.4, -0.2) is 68.6 Å². The number of likely N-dealkylation sites (tertiary alicyclic amines) is 1. The number of carbonyl (C=O) groups is 1. The molecule has 0 radical (unpaired) electrons. The summed E-state index contributed by atoms with van der Waals surface area (Å²) in [6.07, 6.45) is 4.10. The molecule has 23 heavy (non-hydrogen) atoms. The number of aromatic nitrogens is 1. The number of hydrogen-bond donors (Lipinski definition) is 0. The van der Waals surface area contributed by atoms with Crippen LogP contribution >= 0.6 is 0 Å². The highest BCUT2D eigenvalue weighted by atomic mass is 16.5. The van der Waals surface area contributed by atoms with Gasteiger partial charge in [0.15, 0.2) is 5.82 Å². The van der Waals surface area contributed by atoms with Gasteiger partial charge in [-0.25, -0.2) is 0 Å². The average molecular weight is 323 g/mol. The molecule has 0 N–H and O–H groups in total. The first-order valence-electron chi connectivity index (χ1n) is 8.39. The first-order chi connectivity index (χ1) is 11.3. The van der Waals surface area contributed by atoms with Crippen LogP contribution < -0.4 is 4.90 Å². The minimum absolute atomic E-state index is 0.0576. The summed E-state index contributed by atoms with van der Waals surface area (Å²) in [5.41, 5.74) is 0. The molecule has 1 unspecified atom stereocenters. The van der Waals surface area contributed by atoms with Crippen LogP contribution in [0.1, 0.15) is 36.2 Å². The van der Waals surface area contributed by atoms with Crippen LogP contribution in [0.5, 0.6) is 0 Å². The Bertz CT molecular complexity index is 513. The van der Waals surface area contributed by atoms with Gasteiger partial charge in [0.1, 0.15) is 0 Å². The van der Waals surface area contributed by atoms with Crippen LogP contribution in [0.4, 0.5) is 5.82 Å². The van der Waals surface area contributed by atoms with Gasteiger partial charge in [0.25, 0.3) is 5.91 Å². The largest absolute Gasteiger partial charge is 0.385 e. The van der Waals surface area contributed by atoms with E-state index >= 15 is 0 Å². The van der Waals surface area contributed by atoms with Gasteiger partial charge in [-0.05, 0) is 25.7 Å². The van der Waals surface area contributed by atoms with Crippen molar-refractivity contribution in [3.63, 3.8) is 0 Å². The lowest BCUT2D eigenvalue weighted by atomic mass is 9.99. The van der Waals surface area contributed by atoms with E-state index < -0.39 is 0 Å². The second kappa shape index (κ2) is 7.79. The summed E-state index contributed by atoms with van der Waals surface area (Å²) in [7, 11) is 1.69. The molecule has 0 aliphatic carbocycles. The molecule has 1 amide bonds. The van der Waals surface area contributed by atoms with Crippen LogP contribution in [0.25, 0.3) is 0 Å². The summed E-state index contributed by atoms with van der Waals surface area (Å²) in [5.74, 6) is 0.996. The molecular formula is C16H25N3O4. The molecule has 2 saturated heterocycles. The second-order valence-corrected chi connectivity index (χ2v) is 6.08. The lowest BCUT2D eigenvalue weighted by Gasteiger charge is -2.35. The molecule has 1 atom stereocenters. The first-order valence-corrected chi connectivity index (χ1v) is 8.39. The maximum atomic E-state index is 12.8. The number of nitrogens with zero attached hydrogens (tertiary/aromatic N) is 3.